The Hall–Kier alpha value is -2.57. The fourth-order valence-electron chi connectivity index (χ4n) is 3.01. The van der Waals surface area contributed by atoms with Gasteiger partial charge in [-0.25, -0.2) is 4.98 Å². The van der Waals surface area contributed by atoms with Gasteiger partial charge in [0.25, 0.3) is 0 Å². The van der Waals surface area contributed by atoms with E-state index < -0.39 is 0 Å². The number of ether oxygens (including phenoxy) is 3. The monoisotopic (exact) mass is 484 g/mol. The van der Waals surface area contributed by atoms with Crippen molar-refractivity contribution >= 4 is 15.9 Å². The fraction of sp³-hybridized carbons (Fsp3) is 0.320. The predicted molar refractivity (Wildman–Crippen MR) is 127 cm³/mol. The van der Waals surface area contributed by atoms with Crippen LogP contribution in [0.5, 0.6) is 17.4 Å². The maximum atomic E-state index is 6.09. The molecule has 31 heavy (non-hydrogen) atoms. The number of aromatic nitrogens is 1. The lowest BCUT2D eigenvalue weighted by atomic mass is 10.1. The highest BCUT2D eigenvalue weighted by atomic mass is 79.9. The van der Waals surface area contributed by atoms with Gasteiger partial charge in [0.2, 0.25) is 5.88 Å². The van der Waals surface area contributed by atoms with E-state index in [1.54, 1.807) is 6.20 Å². The highest BCUT2D eigenvalue weighted by Crippen LogP contribution is 2.37. The highest BCUT2D eigenvalue weighted by Gasteiger charge is 2.13. The molecule has 3 aromatic rings. The molecule has 0 spiro atoms. The van der Waals surface area contributed by atoms with Crippen molar-refractivity contribution in [1.29, 1.82) is 0 Å². The first-order valence-electron chi connectivity index (χ1n) is 10.5. The molecule has 1 heterocycles. The minimum atomic E-state index is 0.493. The van der Waals surface area contributed by atoms with E-state index in [1.807, 2.05) is 31.2 Å². The van der Waals surface area contributed by atoms with Gasteiger partial charge in [-0.05, 0) is 72.1 Å². The molecule has 0 atom stereocenters. The summed E-state index contributed by atoms with van der Waals surface area (Å²) in [5.74, 6) is 2.14. The quantitative estimate of drug-likeness (QED) is 0.334. The second-order valence-electron chi connectivity index (χ2n) is 7.16. The van der Waals surface area contributed by atoms with E-state index >= 15 is 0 Å². The topological polar surface area (TPSA) is 52.6 Å². The van der Waals surface area contributed by atoms with Gasteiger partial charge in [-0.3, -0.25) is 0 Å². The number of nitrogens with one attached hydrogen (secondary N) is 1. The lowest BCUT2D eigenvalue weighted by Crippen LogP contribution is -2.17. The van der Waals surface area contributed by atoms with Crippen molar-refractivity contribution < 1.29 is 14.2 Å². The van der Waals surface area contributed by atoms with Crippen molar-refractivity contribution in [2.75, 3.05) is 19.8 Å². The second kappa shape index (κ2) is 12.3. The van der Waals surface area contributed by atoms with Crippen LogP contribution in [0.3, 0.4) is 0 Å². The average Bonchev–Trinajstić information content (AvgIpc) is 2.78. The summed E-state index contributed by atoms with van der Waals surface area (Å²) < 4.78 is 18.4. The van der Waals surface area contributed by atoms with Gasteiger partial charge >= 0.3 is 0 Å². The lowest BCUT2D eigenvalue weighted by molar-refractivity contribution is 0.267. The molecule has 0 amide bonds. The van der Waals surface area contributed by atoms with Crippen LogP contribution < -0.4 is 19.5 Å². The largest absolute Gasteiger partial charge is 0.490 e. The summed E-state index contributed by atoms with van der Waals surface area (Å²) in [7, 11) is 0. The van der Waals surface area contributed by atoms with E-state index in [9.17, 15) is 0 Å². The number of aryl methyl sites for hydroxylation is 1. The Balaban J connectivity index is 1.50. The Labute approximate surface area is 192 Å². The molecule has 0 aliphatic heterocycles. The van der Waals surface area contributed by atoms with Gasteiger partial charge in [0.05, 0.1) is 17.7 Å². The van der Waals surface area contributed by atoms with Crippen LogP contribution in [0.1, 0.15) is 30.0 Å². The molecule has 0 fully saturated rings. The molecular formula is C25H29BrN2O3. The number of pyridine rings is 1. The van der Waals surface area contributed by atoms with Gasteiger partial charge in [0.15, 0.2) is 11.5 Å². The molecule has 1 N–H and O–H groups in total. The number of hydrogen-bond acceptors (Lipinski definition) is 5. The molecular weight excluding hydrogens is 456 g/mol. The Morgan fingerprint density at radius 2 is 1.81 bits per heavy atom. The van der Waals surface area contributed by atoms with E-state index in [0.717, 1.165) is 46.6 Å². The van der Waals surface area contributed by atoms with Gasteiger partial charge in [0.1, 0.15) is 6.61 Å². The first-order valence-corrected chi connectivity index (χ1v) is 11.3. The summed E-state index contributed by atoms with van der Waals surface area (Å²) in [5.41, 5.74) is 3.49. The molecule has 0 radical (unpaired) electrons. The zero-order valence-electron chi connectivity index (χ0n) is 18.1. The molecule has 1 aromatic heterocycles. The van der Waals surface area contributed by atoms with Crippen molar-refractivity contribution in [2.24, 2.45) is 0 Å². The Kier molecular flexibility index (Phi) is 9.18. The molecule has 3 rings (SSSR count). The summed E-state index contributed by atoms with van der Waals surface area (Å²) in [6.45, 7) is 7.34. The van der Waals surface area contributed by atoms with Crippen molar-refractivity contribution in [3.8, 4) is 17.4 Å². The molecule has 5 nitrogen and oxygen atoms in total. The second-order valence-corrected chi connectivity index (χ2v) is 8.01. The molecule has 0 saturated carbocycles. The van der Waals surface area contributed by atoms with Gasteiger partial charge in [-0.15, -0.1) is 0 Å². The zero-order chi connectivity index (χ0) is 21.9. The number of benzene rings is 2. The predicted octanol–water partition coefficient (Wildman–Crippen LogP) is 5.69. The summed E-state index contributed by atoms with van der Waals surface area (Å²) >= 11 is 3.65. The third-order valence-electron chi connectivity index (χ3n) is 4.59. The van der Waals surface area contributed by atoms with Crippen LogP contribution in [-0.4, -0.2) is 24.7 Å². The maximum Gasteiger partial charge on any atom is 0.213 e. The molecule has 164 valence electrons. The maximum absolute atomic E-state index is 6.09. The van der Waals surface area contributed by atoms with Crippen LogP contribution in [0.4, 0.5) is 0 Å². The molecule has 0 unspecified atom stereocenters. The summed E-state index contributed by atoms with van der Waals surface area (Å²) in [4.78, 5) is 4.15. The minimum absolute atomic E-state index is 0.493. The fourth-order valence-corrected chi connectivity index (χ4v) is 3.61. The third-order valence-corrected chi connectivity index (χ3v) is 5.18. The van der Waals surface area contributed by atoms with Crippen molar-refractivity contribution in [1.82, 2.24) is 10.3 Å². The first kappa shape index (κ1) is 23.1. The van der Waals surface area contributed by atoms with Gasteiger partial charge in [-0.2, -0.15) is 0 Å². The number of nitrogens with zero attached hydrogens (tertiary/aromatic N) is 1. The Bertz CT molecular complexity index is 934. The lowest BCUT2D eigenvalue weighted by Gasteiger charge is -2.16. The van der Waals surface area contributed by atoms with Gasteiger partial charge in [-0.1, -0.05) is 35.9 Å². The summed E-state index contributed by atoms with van der Waals surface area (Å²) in [5, 5.41) is 3.45. The highest BCUT2D eigenvalue weighted by molar-refractivity contribution is 9.10. The van der Waals surface area contributed by atoms with E-state index in [0.29, 0.717) is 25.7 Å². The average molecular weight is 485 g/mol. The van der Waals surface area contributed by atoms with Crippen molar-refractivity contribution in [2.45, 2.75) is 33.4 Å². The molecule has 0 aliphatic rings. The Morgan fingerprint density at radius 3 is 2.55 bits per heavy atom. The Morgan fingerprint density at radius 1 is 0.968 bits per heavy atom. The van der Waals surface area contributed by atoms with E-state index in [4.69, 9.17) is 14.2 Å². The standard InChI is InChI=1S/C25H29BrN2O3/c1-3-29-23-16-21(17-27-12-6-14-30-24-7-4-5-13-28-24)15-22(26)25(23)31-18-20-10-8-19(2)9-11-20/h4-5,7-11,13,15-16,27H,3,6,12,14,17-18H2,1-2H3. The van der Waals surface area contributed by atoms with Gasteiger partial charge in [0, 0.05) is 18.8 Å². The van der Waals surface area contributed by atoms with Crippen LogP contribution >= 0.6 is 15.9 Å². The van der Waals surface area contributed by atoms with Crippen LogP contribution in [0, 0.1) is 6.92 Å². The summed E-state index contributed by atoms with van der Waals surface area (Å²) in [6.07, 6.45) is 2.63. The number of halogens is 1. The van der Waals surface area contributed by atoms with E-state index in [-0.39, 0.29) is 0 Å². The van der Waals surface area contributed by atoms with Crippen LogP contribution in [-0.2, 0) is 13.2 Å². The van der Waals surface area contributed by atoms with E-state index in [2.05, 4.69) is 63.5 Å². The summed E-state index contributed by atoms with van der Waals surface area (Å²) in [6, 6.07) is 18.1. The van der Waals surface area contributed by atoms with E-state index in [1.165, 1.54) is 5.56 Å². The molecule has 0 bridgehead atoms. The van der Waals surface area contributed by atoms with Crippen LogP contribution in [0.2, 0.25) is 0 Å². The smallest absolute Gasteiger partial charge is 0.213 e. The van der Waals surface area contributed by atoms with Gasteiger partial charge < -0.3 is 19.5 Å². The zero-order valence-corrected chi connectivity index (χ0v) is 19.7. The third kappa shape index (κ3) is 7.56. The SMILES string of the molecule is CCOc1cc(CNCCCOc2ccccn2)cc(Br)c1OCc1ccc(C)cc1. The number of hydrogen-bond donors (Lipinski definition) is 1. The first-order chi connectivity index (χ1) is 15.2. The molecule has 0 saturated heterocycles. The van der Waals surface area contributed by atoms with Crippen LogP contribution in [0.25, 0.3) is 0 Å². The molecule has 6 heteroatoms. The normalized spacial score (nSPS) is 10.7. The number of rotatable bonds is 12. The minimum Gasteiger partial charge on any atom is -0.490 e. The van der Waals surface area contributed by atoms with Crippen LogP contribution in [0.15, 0.2) is 65.3 Å². The molecule has 2 aromatic carbocycles. The van der Waals surface area contributed by atoms with Crippen molar-refractivity contribution in [3.05, 3.63) is 82.0 Å². The van der Waals surface area contributed by atoms with Crippen molar-refractivity contribution in [3.63, 3.8) is 0 Å². The molecule has 0 aliphatic carbocycles.